The highest BCUT2D eigenvalue weighted by atomic mass is 19.1. The number of anilines is 1. The van der Waals surface area contributed by atoms with Crippen molar-refractivity contribution in [1.29, 1.82) is 0 Å². The van der Waals surface area contributed by atoms with Gasteiger partial charge in [-0.05, 0) is 94.3 Å². The molecule has 4 aliphatic heterocycles. The first kappa shape index (κ1) is 23.8. The Labute approximate surface area is 214 Å². The first-order valence-electron chi connectivity index (χ1n) is 13.8. The molecule has 4 aliphatic rings. The predicted molar refractivity (Wildman–Crippen MR) is 140 cm³/mol. The maximum absolute atomic E-state index is 14.4. The van der Waals surface area contributed by atoms with Crippen molar-refractivity contribution >= 4 is 11.8 Å². The molecule has 0 N–H and O–H groups in total. The van der Waals surface area contributed by atoms with Crippen LogP contribution < -0.4 is 4.90 Å². The highest BCUT2D eigenvalue weighted by molar-refractivity contribution is 5.69. The Bertz CT molecular complexity index is 1110. The Morgan fingerprint density at radius 2 is 1.78 bits per heavy atom. The van der Waals surface area contributed by atoms with Crippen molar-refractivity contribution in [2.75, 3.05) is 31.1 Å². The van der Waals surface area contributed by atoms with E-state index in [4.69, 9.17) is 4.74 Å². The van der Waals surface area contributed by atoms with Crippen LogP contribution in [-0.4, -0.2) is 60.3 Å². The summed E-state index contributed by atoms with van der Waals surface area (Å²) in [7, 11) is 0. The molecule has 36 heavy (non-hydrogen) atoms. The van der Waals surface area contributed by atoms with Gasteiger partial charge in [-0.15, -0.1) is 0 Å². The minimum atomic E-state index is -0.126. The number of fused-ring (bicyclic) bond motifs is 4. The Balaban J connectivity index is 1.19. The molecule has 4 heterocycles. The third-order valence-corrected chi connectivity index (χ3v) is 9.42. The van der Waals surface area contributed by atoms with E-state index < -0.39 is 0 Å². The van der Waals surface area contributed by atoms with Gasteiger partial charge in [0.15, 0.2) is 0 Å². The van der Waals surface area contributed by atoms with Gasteiger partial charge in [-0.2, -0.15) is 0 Å². The molecule has 192 valence electrons. The minimum absolute atomic E-state index is 0.0946. The van der Waals surface area contributed by atoms with E-state index in [9.17, 15) is 9.18 Å². The maximum atomic E-state index is 14.4. The van der Waals surface area contributed by atoms with Crippen LogP contribution in [0.15, 0.2) is 42.5 Å². The number of likely N-dealkylation sites (tertiary alicyclic amines) is 1. The number of amides is 1. The minimum Gasteiger partial charge on any atom is -0.450 e. The zero-order valence-corrected chi connectivity index (χ0v) is 21.6. The predicted octanol–water partition coefficient (Wildman–Crippen LogP) is 5.64. The summed E-state index contributed by atoms with van der Waals surface area (Å²) in [5, 5.41) is 0. The lowest BCUT2D eigenvalue weighted by atomic mass is 9.68. The fourth-order valence-corrected chi connectivity index (χ4v) is 7.54. The molecule has 6 heteroatoms. The van der Waals surface area contributed by atoms with Gasteiger partial charge in [0.05, 0.1) is 6.61 Å². The number of hydrogen-bond acceptors (Lipinski definition) is 4. The second kappa shape index (κ2) is 9.37. The van der Waals surface area contributed by atoms with Crippen molar-refractivity contribution < 1.29 is 13.9 Å². The zero-order valence-electron chi connectivity index (χ0n) is 21.6. The summed E-state index contributed by atoms with van der Waals surface area (Å²) in [4.78, 5) is 19.6. The number of carbonyl (C=O) groups excluding carboxylic acids is 1. The Morgan fingerprint density at radius 1 is 1.06 bits per heavy atom. The summed E-state index contributed by atoms with van der Waals surface area (Å²) in [6, 6.07) is 15.8. The van der Waals surface area contributed by atoms with Gasteiger partial charge in [-0.1, -0.05) is 30.3 Å². The average Bonchev–Trinajstić information content (AvgIpc) is 3.16. The SMILES string of the molecule is CCOC(=O)N1C2CCC1CC(N1CCC3(CC1)CN(c1ccc(C)c(F)c1)Cc1ccccc13)C2. The Kier molecular flexibility index (Phi) is 6.19. The van der Waals surface area contributed by atoms with Crippen molar-refractivity contribution in [3.8, 4) is 0 Å². The summed E-state index contributed by atoms with van der Waals surface area (Å²) in [6.45, 7) is 8.08. The van der Waals surface area contributed by atoms with E-state index in [1.807, 2.05) is 24.8 Å². The lowest BCUT2D eigenvalue weighted by Crippen LogP contribution is -2.57. The molecule has 3 fully saturated rings. The van der Waals surface area contributed by atoms with Crippen LogP contribution >= 0.6 is 0 Å². The van der Waals surface area contributed by atoms with Crippen molar-refractivity contribution in [3.63, 3.8) is 0 Å². The normalized spacial score (nSPS) is 27.2. The number of benzene rings is 2. The molecular formula is C30H38FN3O2. The molecule has 0 saturated carbocycles. The third kappa shape index (κ3) is 4.07. The van der Waals surface area contributed by atoms with Gasteiger partial charge in [-0.3, -0.25) is 0 Å². The van der Waals surface area contributed by atoms with Crippen LogP contribution in [0, 0.1) is 12.7 Å². The molecule has 2 aromatic carbocycles. The molecule has 2 aromatic rings. The number of ether oxygens (including phenoxy) is 1. The van der Waals surface area contributed by atoms with Crippen LogP contribution in [0.25, 0.3) is 0 Å². The van der Waals surface area contributed by atoms with E-state index in [0.717, 1.165) is 70.4 Å². The summed E-state index contributed by atoms with van der Waals surface area (Å²) in [5.74, 6) is -0.126. The summed E-state index contributed by atoms with van der Waals surface area (Å²) >= 11 is 0. The Morgan fingerprint density at radius 3 is 2.47 bits per heavy atom. The molecular weight excluding hydrogens is 453 g/mol. The second-order valence-corrected chi connectivity index (χ2v) is 11.4. The molecule has 0 radical (unpaired) electrons. The first-order valence-corrected chi connectivity index (χ1v) is 13.8. The summed E-state index contributed by atoms with van der Waals surface area (Å²) in [5.41, 5.74) is 4.64. The first-order chi connectivity index (χ1) is 17.5. The van der Waals surface area contributed by atoms with Gasteiger partial charge in [0.2, 0.25) is 0 Å². The lowest BCUT2D eigenvalue weighted by molar-refractivity contribution is 0.0270. The topological polar surface area (TPSA) is 36.0 Å². The molecule has 2 bridgehead atoms. The van der Waals surface area contributed by atoms with Crippen LogP contribution in [0.2, 0.25) is 0 Å². The van der Waals surface area contributed by atoms with Crippen molar-refractivity contribution in [2.24, 2.45) is 0 Å². The maximum Gasteiger partial charge on any atom is 0.410 e. The van der Waals surface area contributed by atoms with E-state index in [1.54, 1.807) is 6.07 Å². The highest BCUT2D eigenvalue weighted by Gasteiger charge is 2.48. The quantitative estimate of drug-likeness (QED) is 0.557. The second-order valence-electron chi connectivity index (χ2n) is 11.4. The highest BCUT2D eigenvalue weighted by Crippen LogP contribution is 2.45. The fourth-order valence-electron chi connectivity index (χ4n) is 7.54. The van der Waals surface area contributed by atoms with Crippen molar-refractivity contribution in [2.45, 2.75) is 82.5 Å². The smallest absolute Gasteiger partial charge is 0.410 e. The molecule has 1 amide bonds. The monoisotopic (exact) mass is 491 g/mol. The van der Waals surface area contributed by atoms with Gasteiger partial charge in [0.25, 0.3) is 0 Å². The molecule has 2 atom stereocenters. The lowest BCUT2D eigenvalue weighted by Gasteiger charge is -2.52. The van der Waals surface area contributed by atoms with Crippen LogP contribution in [0.3, 0.4) is 0 Å². The number of hydrogen-bond donors (Lipinski definition) is 0. The number of aryl methyl sites for hydroxylation is 1. The fraction of sp³-hybridized carbons (Fsp3) is 0.567. The molecule has 0 aliphatic carbocycles. The summed E-state index contributed by atoms with van der Waals surface area (Å²) in [6.07, 6.45) is 6.44. The van der Waals surface area contributed by atoms with Crippen LogP contribution in [-0.2, 0) is 16.7 Å². The largest absolute Gasteiger partial charge is 0.450 e. The number of carbonyl (C=O) groups is 1. The number of nitrogens with zero attached hydrogens (tertiary/aromatic N) is 3. The summed E-state index contributed by atoms with van der Waals surface area (Å²) < 4.78 is 19.8. The zero-order chi connectivity index (χ0) is 24.9. The van der Waals surface area contributed by atoms with E-state index in [2.05, 4.69) is 40.1 Å². The van der Waals surface area contributed by atoms with E-state index in [-0.39, 0.29) is 17.3 Å². The van der Waals surface area contributed by atoms with Gasteiger partial charge < -0.3 is 19.4 Å². The molecule has 0 aromatic heterocycles. The van der Waals surface area contributed by atoms with E-state index in [1.165, 1.54) is 11.1 Å². The van der Waals surface area contributed by atoms with Gasteiger partial charge in [-0.25, -0.2) is 9.18 Å². The van der Waals surface area contributed by atoms with Crippen LogP contribution in [0.5, 0.6) is 0 Å². The van der Waals surface area contributed by atoms with Crippen molar-refractivity contribution in [1.82, 2.24) is 9.80 Å². The van der Waals surface area contributed by atoms with Crippen LogP contribution in [0.4, 0.5) is 14.9 Å². The molecule has 6 rings (SSSR count). The average molecular weight is 492 g/mol. The number of rotatable bonds is 3. The molecule has 3 saturated heterocycles. The standard InChI is InChI=1S/C30H38FN3O2/c1-3-36-29(35)34-24-10-11-25(34)17-26(16-24)32-14-12-30(13-15-32)20-33(19-22-6-4-5-7-27(22)30)23-9-8-21(2)28(31)18-23/h4-9,18,24-26H,3,10-17,19-20H2,1-2H3. The van der Waals surface area contributed by atoms with Gasteiger partial charge in [0, 0.05) is 42.3 Å². The number of halogens is 1. The van der Waals surface area contributed by atoms with E-state index in [0.29, 0.717) is 30.3 Å². The molecule has 1 spiro atoms. The van der Waals surface area contributed by atoms with Gasteiger partial charge in [0.1, 0.15) is 5.82 Å². The third-order valence-electron chi connectivity index (χ3n) is 9.42. The van der Waals surface area contributed by atoms with Crippen LogP contribution in [0.1, 0.15) is 62.1 Å². The Hall–Kier alpha value is -2.60. The number of piperidine rings is 2. The van der Waals surface area contributed by atoms with Gasteiger partial charge >= 0.3 is 6.09 Å². The van der Waals surface area contributed by atoms with E-state index >= 15 is 0 Å². The molecule has 2 unspecified atom stereocenters. The van der Waals surface area contributed by atoms with Crippen molar-refractivity contribution in [3.05, 3.63) is 65.0 Å². The molecule has 5 nitrogen and oxygen atoms in total.